The maximum Gasteiger partial charge on any atom is 0.416 e. The Morgan fingerprint density at radius 1 is 0.879 bits per heavy atom. The van der Waals surface area contributed by atoms with E-state index in [0.29, 0.717) is 11.5 Å². The third-order valence-electron chi connectivity index (χ3n) is 4.25. The maximum absolute atomic E-state index is 12.9. The van der Waals surface area contributed by atoms with Gasteiger partial charge in [0.05, 0.1) is 28.0 Å². The molecule has 1 aromatic heterocycles. The molecule has 2 aromatic carbocycles. The van der Waals surface area contributed by atoms with Crippen LogP contribution in [0.5, 0.6) is 0 Å². The van der Waals surface area contributed by atoms with Crippen LogP contribution in [0.25, 0.3) is 0 Å². The van der Waals surface area contributed by atoms with Gasteiger partial charge >= 0.3 is 6.18 Å². The zero-order valence-electron chi connectivity index (χ0n) is 17.0. The summed E-state index contributed by atoms with van der Waals surface area (Å²) < 4.78 is 38.7. The largest absolute Gasteiger partial charge is 0.416 e. The van der Waals surface area contributed by atoms with Crippen LogP contribution in [-0.2, 0) is 11.0 Å². The molecule has 0 radical (unpaired) electrons. The summed E-state index contributed by atoms with van der Waals surface area (Å²) in [5.41, 5.74) is -0.653. The van der Waals surface area contributed by atoms with E-state index in [1.807, 2.05) is 0 Å². The molecule has 0 aliphatic carbocycles. The second-order valence-electron chi connectivity index (χ2n) is 6.79. The normalized spacial score (nSPS) is 10.9. The lowest BCUT2D eigenvalue weighted by Crippen LogP contribution is -2.16. The van der Waals surface area contributed by atoms with Gasteiger partial charge in [0.25, 0.3) is 11.8 Å². The molecule has 33 heavy (non-hydrogen) atoms. The molecular weight excluding hydrogens is 461 g/mol. The molecule has 1 heterocycles. The molecule has 11 heteroatoms. The molecule has 0 bridgehead atoms. The first-order valence-corrected chi connectivity index (χ1v) is 9.74. The van der Waals surface area contributed by atoms with Gasteiger partial charge in [-0.25, -0.2) is 4.98 Å². The summed E-state index contributed by atoms with van der Waals surface area (Å²) >= 11 is 6.10. The molecule has 0 spiro atoms. The lowest BCUT2D eigenvalue weighted by molar-refractivity contribution is -0.137. The molecular formula is C22H16ClF3N4O3. The van der Waals surface area contributed by atoms with Crippen molar-refractivity contribution >= 4 is 46.5 Å². The quantitative estimate of drug-likeness (QED) is 0.470. The predicted molar refractivity (Wildman–Crippen MR) is 117 cm³/mol. The Morgan fingerprint density at radius 3 is 2.21 bits per heavy atom. The van der Waals surface area contributed by atoms with E-state index in [1.54, 1.807) is 0 Å². The second kappa shape index (κ2) is 9.70. The van der Waals surface area contributed by atoms with Gasteiger partial charge in [-0.2, -0.15) is 13.2 Å². The summed E-state index contributed by atoms with van der Waals surface area (Å²) in [6.07, 6.45) is -3.26. The number of halogens is 4. The number of carbonyl (C=O) groups is 3. The zero-order valence-corrected chi connectivity index (χ0v) is 17.7. The molecule has 0 saturated carbocycles. The fourth-order valence-corrected chi connectivity index (χ4v) is 2.94. The minimum absolute atomic E-state index is 0.0180. The van der Waals surface area contributed by atoms with Crippen molar-refractivity contribution in [1.29, 1.82) is 0 Å². The first-order chi connectivity index (χ1) is 15.5. The topological polar surface area (TPSA) is 100 Å². The Balaban J connectivity index is 1.74. The van der Waals surface area contributed by atoms with Crippen LogP contribution in [0.2, 0.25) is 5.02 Å². The van der Waals surface area contributed by atoms with Crippen molar-refractivity contribution in [2.45, 2.75) is 13.1 Å². The molecule has 0 atom stereocenters. The summed E-state index contributed by atoms with van der Waals surface area (Å²) in [5, 5.41) is 7.61. The highest BCUT2D eigenvalue weighted by Gasteiger charge is 2.30. The van der Waals surface area contributed by atoms with Crippen molar-refractivity contribution in [2.75, 3.05) is 16.0 Å². The Hall–Kier alpha value is -3.92. The number of amides is 3. The number of hydrogen-bond acceptors (Lipinski definition) is 4. The Bertz CT molecular complexity index is 1210. The SMILES string of the molecule is CC(=O)Nc1ccc(NC(=O)c2cc(NC(=O)c3cccc(C(F)(F)F)c3)ccc2Cl)cn1. The van der Waals surface area contributed by atoms with Gasteiger partial charge in [-0.1, -0.05) is 17.7 Å². The summed E-state index contributed by atoms with van der Waals surface area (Å²) in [6.45, 7) is 1.33. The molecule has 0 aliphatic rings. The summed E-state index contributed by atoms with van der Waals surface area (Å²) in [4.78, 5) is 40.1. The van der Waals surface area contributed by atoms with E-state index < -0.39 is 23.6 Å². The van der Waals surface area contributed by atoms with Crippen molar-refractivity contribution in [2.24, 2.45) is 0 Å². The van der Waals surface area contributed by atoms with Crippen LogP contribution in [0.4, 0.5) is 30.4 Å². The van der Waals surface area contributed by atoms with Crippen LogP contribution in [0.3, 0.4) is 0 Å². The smallest absolute Gasteiger partial charge is 0.322 e. The molecule has 170 valence electrons. The second-order valence-corrected chi connectivity index (χ2v) is 7.20. The van der Waals surface area contributed by atoms with Crippen LogP contribution >= 0.6 is 11.6 Å². The summed E-state index contributed by atoms with van der Waals surface area (Å²) in [7, 11) is 0. The standard InChI is InChI=1S/C22H16ClF3N4O3/c1-12(31)28-19-8-6-16(11-27-19)30-21(33)17-10-15(5-7-18(17)23)29-20(32)13-3-2-4-14(9-13)22(24,25)26/h2-11H,1H3,(H,29,32)(H,30,33)(H,27,28,31). The fourth-order valence-electron chi connectivity index (χ4n) is 2.74. The number of carbonyl (C=O) groups excluding carboxylic acids is 3. The molecule has 0 aliphatic heterocycles. The van der Waals surface area contributed by atoms with Gasteiger partial charge in [0, 0.05) is 18.2 Å². The van der Waals surface area contributed by atoms with Crippen molar-refractivity contribution in [1.82, 2.24) is 4.98 Å². The average molecular weight is 477 g/mol. The first-order valence-electron chi connectivity index (χ1n) is 9.36. The monoisotopic (exact) mass is 476 g/mol. The minimum atomic E-state index is -4.59. The number of benzene rings is 2. The highest BCUT2D eigenvalue weighted by atomic mass is 35.5. The highest BCUT2D eigenvalue weighted by molar-refractivity contribution is 6.34. The number of nitrogens with one attached hydrogen (secondary N) is 3. The fraction of sp³-hybridized carbons (Fsp3) is 0.0909. The van der Waals surface area contributed by atoms with Crippen molar-refractivity contribution in [3.05, 3.63) is 82.5 Å². The van der Waals surface area contributed by atoms with Crippen LogP contribution in [0.1, 0.15) is 33.2 Å². The molecule has 7 nitrogen and oxygen atoms in total. The third-order valence-corrected chi connectivity index (χ3v) is 4.58. The Labute approximate surface area is 191 Å². The molecule has 0 unspecified atom stereocenters. The van der Waals surface area contributed by atoms with Crippen molar-refractivity contribution in [3.8, 4) is 0 Å². The minimum Gasteiger partial charge on any atom is -0.322 e. The molecule has 3 amide bonds. The first kappa shape index (κ1) is 23.7. The van der Waals surface area contributed by atoms with Crippen LogP contribution < -0.4 is 16.0 Å². The summed E-state index contributed by atoms with van der Waals surface area (Å²) in [5.74, 6) is -1.38. The number of nitrogens with zero attached hydrogens (tertiary/aromatic N) is 1. The number of aromatic nitrogens is 1. The number of rotatable bonds is 5. The highest BCUT2D eigenvalue weighted by Crippen LogP contribution is 2.30. The van der Waals surface area contributed by atoms with Gasteiger partial charge in [0.1, 0.15) is 5.82 Å². The van der Waals surface area contributed by atoms with Crippen LogP contribution in [0, 0.1) is 0 Å². The van der Waals surface area contributed by atoms with E-state index in [2.05, 4.69) is 20.9 Å². The Kier molecular flexibility index (Phi) is 6.98. The number of alkyl halides is 3. The van der Waals surface area contributed by atoms with E-state index in [1.165, 1.54) is 49.5 Å². The number of pyridine rings is 1. The van der Waals surface area contributed by atoms with E-state index in [0.717, 1.165) is 18.2 Å². The van der Waals surface area contributed by atoms with Gasteiger partial charge in [0.15, 0.2) is 0 Å². The van der Waals surface area contributed by atoms with Gasteiger partial charge in [0.2, 0.25) is 5.91 Å². The Morgan fingerprint density at radius 2 is 1.58 bits per heavy atom. The van der Waals surface area contributed by atoms with Gasteiger partial charge in [-0.05, 0) is 48.5 Å². The number of hydrogen-bond donors (Lipinski definition) is 3. The van der Waals surface area contributed by atoms with Crippen LogP contribution in [-0.4, -0.2) is 22.7 Å². The van der Waals surface area contributed by atoms with E-state index in [9.17, 15) is 27.6 Å². The van der Waals surface area contributed by atoms with Gasteiger partial charge < -0.3 is 16.0 Å². The third kappa shape index (κ3) is 6.30. The van der Waals surface area contributed by atoms with Crippen molar-refractivity contribution in [3.63, 3.8) is 0 Å². The van der Waals surface area contributed by atoms with Gasteiger partial charge in [-0.15, -0.1) is 0 Å². The molecule has 0 saturated heterocycles. The maximum atomic E-state index is 12.9. The molecule has 3 rings (SSSR count). The predicted octanol–water partition coefficient (Wildman–Crippen LogP) is 5.22. The molecule has 0 fully saturated rings. The van der Waals surface area contributed by atoms with Crippen molar-refractivity contribution < 1.29 is 27.6 Å². The molecule has 3 aromatic rings. The average Bonchev–Trinajstić information content (AvgIpc) is 2.75. The van der Waals surface area contributed by atoms with Crippen LogP contribution in [0.15, 0.2) is 60.8 Å². The van der Waals surface area contributed by atoms with E-state index in [4.69, 9.17) is 11.6 Å². The molecule has 3 N–H and O–H groups in total. The van der Waals surface area contributed by atoms with E-state index in [-0.39, 0.29) is 27.7 Å². The number of anilines is 3. The summed E-state index contributed by atoms with van der Waals surface area (Å²) in [6, 6.07) is 11.0. The zero-order chi connectivity index (χ0) is 24.2. The van der Waals surface area contributed by atoms with Gasteiger partial charge in [-0.3, -0.25) is 14.4 Å². The van der Waals surface area contributed by atoms with E-state index >= 15 is 0 Å². The lowest BCUT2D eigenvalue weighted by Gasteiger charge is -2.11. The lowest BCUT2D eigenvalue weighted by atomic mass is 10.1.